The van der Waals surface area contributed by atoms with Crippen LogP contribution in [0.5, 0.6) is 0 Å². The lowest BCUT2D eigenvalue weighted by Gasteiger charge is -2.37. The van der Waals surface area contributed by atoms with E-state index in [-0.39, 0.29) is 0 Å². The van der Waals surface area contributed by atoms with E-state index >= 15 is 0 Å². The lowest BCUT2D eigenvalue weighted by Crippen LogP contribution is -2.47. The lowest BCUT2D eigenvalue weighted by molar-refractivity contribution is 0.110. The molecule has 0 unspecified atom stereocenters. The van der Waals surface area contributed by atoms with Crippen LogP contribution in [-0.2, 0) is 0 Å². The Balaban J connectivity index is 0.000000771. The van der Waals surface area contributed by atoms with E-state index in [0.29, 0.717) is 0 Å². The molecule has 0 atom stereocenters. The van der Waals surface area contributed by atoms with E-state index < -0.39 is 0 Å². The van der Waals surface area contributed by atoms with Crippen LogP contribution in [-0.4, -0.2) is 49.1 Å². The number of piperazine rings is 1. The van der Waals surface area contributed by atoms with Crippen molar-refractivity contribution in [2.75, 3.05) is 39.3 Å². The van der Waals surface area contributed by atoms with E-state index in [1.807, 2.05) is 13.8 Å². The third kappa shape index (κ3) is 5.71. The molecular formula is C16H34N2. The predicted molar refractivity (Wildman–Crippen MR) is 81.1 cm³/mol. The fourth-order valence-corrected chi connectivity index (χ4v) is 3.25. The molecule has 108 valence electrons. The maximum atomic E-state index is 2.71. The summed E-state index contributed by atoms with van der Waals surface area (Å²) >= 11 is 0. The van der Waals surface area contributed by atoms with Crippen LogP contribution in [0.3, 0.4) is 0 Å². The molecule has 1 aliphatic carbocycles. The van der Waals surface area contributed by atoms with E-state index in [4.69, 9.17) is 0 Å². The van der Waals surface area contributed by atoms with Gasteiger partial charge >= 0.3 is 0 Å². The smallest absolute Gasteiger partial charge is 0.0110 e. The average molecular weight is 254 g/mol. The van der Waals surface area contributed by atoms with Gasteiger partial charge in [-0.3, -0.25) is 0 Å². The summed E-state index contributed by atoms with van der Waals surface area (Å²) in [5.74, 6) is 1.02. The molecule has 0 aromatic heterocycles. The zero-order chi connectivity index (χ0) is 13.2. The Bertz CT molecular complexity index is 180. The highest BCUT2D eigenvalue weighted by Crippen LogP contribution is 2.24. The molecule has 18 heavy (non-hydrogen) atoms. The number of hydrogen-bond donors (Lipinski definition) is 0. The van der Waals surface area contributed by atoms with Gasteiger partial charge < -0.3 is 9.80 Å². The molecule has 0 aromatic carbocycles. The van der Waals surface area contributed by atoms with Crippen molar-refractivity contribution < 1.29 is 0 Å². The molecule has 2 rings (SSSR count). The first-order valence-electron chi connectivity index (χ1n) is 8.33. The SMILES string of the molecule is CC.CCCN1CCN(CC2CCCCC2)CC1. The molecule has 0 spiro atoms. The normalized spacial score (nSPS) is 23.5. The largest absolute Gasteiger partial charge is 0.301 e. The van der Waals surface area contributed by atoms with Gasteiger partial charge in [-0.05, 0) is 31.7 Å². The monoisotopic (exact) mass is 254 g/mol. The quantitative estimate of drug-likeness (QED) is 0.756. The Labute approximate surface area is 115 Å². The molecule has 0 N–H and O–H groups in total. The van der Waals surface area contributed by atoms with E-state index in [0.717, 1.165) is 5.92 Å². The first-order valence-corrected chi connectivity index (χ1v) is 8.33. The van der Waals surface area contributed by atoms with Crippen LogP contribution < -0.4 is 0 Å². The minimum absolute atomic E-state index is 1.02. The van der Waals surface area contributed by atoms with Gasteiger partial charge in [-0.25, -0.2) is 0 Å². The Morgan fingerprint density at radius 3 is 1.94 bits per heavy atom. The minimum atomic E-state index is 1.02. The minimum Gasteiger partial charge on any atom is -0.301 e. The van der Waals surface area contributed by atoms with Crippen LogP contribution in [0.15, 0.2) is 0 Å². The van der Waals surface area contributed by atoms with Crippen molar-refractivity contribution in [3.05, 3.63) is 0 Å². The summed E-state index contributed by atoms with van der Waals surface area (Å²) in [6.45, 7) is 14.2. The van der Waals surface area contributed by atoms with Crippen LogP contribution in [0.2, 0.25) is 0 Å². The Morgan fingerprint density at radius 1 is 0.833 bits per heavy atom. The van der Waals surface area contributed by atoms with Crippen molar-refractivity contribution in [2.24, 2.45) is 5.92 Å². The summed E-state index contributed by atoms with van der Waals surface area (Å²) in [5, 5.41) is 0. The fourth-order valence-electron chi connectivity index (χ4n) is 3.25. The summed E-state index contributed by atoms with van der Waals surface area (Å²) in [6, 6.07) is 0. The number of rotatable bonds is 4. The standard InChI is InChI=1S/C14H28N2.C2H6/c1-2-8-15-9-11-16(12-10-15)13-14-6-4-3-5-7-14;1-2/h14H,2-13H2,1H3;1-2H3. The van der Waals surface area contributed by atoms with E-state index in [1.165, 1.54) is 77.8 Å². The molecular weight excluding hydrogens is 220 g/mol. The third-order valence-corrected chi connectivity index (χ3v) is 4.25. The van der Waals surface area contributed by atoms with Gasteiger partial charge in [0.1, 0.15) is 0 Å². The highest BCUT2D eigenvalue weighted by molar-refractivity contribution is 4.75. The van der Waals surface area contributed by atoms with Gasteiger partial charge in [0.25, 0.3) is 0 Å². The molecule has 1 saturated carbocycles. The first-order chi connectivity index (χ1) is 8.88. The second kappa shape index (κ2) is 9.80. The molecule has 2 aliphatic rings. The van der Waals surface area contributed by atoms with Gasteiger partial charge in [-0.2, -0.15) is 0 Å². The van der Waals surface area contributed by atoms with Crippen LogP contribution in [0.25, 0.3) is 0 Å². The average Bonchev–Trinajstić information content (AvgIpc) is 2.45. The molecule has 0 radical (unpaired) electrons. The van der Waals surface area contributed by atoms with Crippen molar-refractivity contribution in [3.63, 3.8) is 0 Å². The lowest BCUT2D eigenvalue weighted by atomic mass is 9.89. The van der Waals surface area contributed by atoms with Crippen molar-refractivity contribution in [1.29, 1.82) is 0 Å². The Morgan fingerprint density at radius 2 is 1.39 bits per heavy atom. The van der Waals surface area contributed by atoms with Crippen LogP contribution in [0.4, 0.5) is 0 Å². The second-order valence-corrected chi connectivity index (χ2v) is 5.65. The van der Waals surface area contributed by atoms with Crippen molar-refractivity contribution in [3.8, 4) is 0 Å². The Hall–Kier alpha value is -0.0800. The second-order valence-electron chi connectivity index (χ2n) is 5.65. The van der Waals surface area contributed by atoms with E-state index in [9.17, 15) is 0 Å². The molecule has 1 saturated heterocycles. The maximum absolute atomic E-state index is 2.71. The zero-order valence-electron chi connectivity index (χ0n) is 13.0. The molecule has 0 amide bonds. The zero-order valence-corrected chi connectivity index (χ0v) is 13.0. The van der Waals surface area contributed by atoms with E-state index in [1.54, 1.807) is 0 Å². The van der Waals surface area contributed by atoms with Crippen molar-refractivity contribution in [2.45, 2.75) is 59.3 Å². The topological polar surface area (TPSA) is 6.48 Å². The third-order valence-electron chi connectivity index (χ3n) is 4.25. The van der Waals surface area contributed by atoms with Crippen molar-refractivity contribution >= 4 is 0 Å². The molecule has 1 aliphatic heterocycles. The summed E-state index contributed by atoms with van der Waals surface area (Å²) in [5.41, 5.74) is 0. The Kier molecular flexibility index (Phi) is 8.70. The molecule has 0 bridgehead atoms. The van der Waals surface area contributed by atoms with Gasteiger partial charge in [0.15, 0.2) is 0 Å². The maximum Gasteiger partial charge on any atom is 0.0110 e. The van der Waals surface area contributed by atoms with Gasteiger partial charge in [0.05, 0.1) is 0 Å². The van der Waals surface area contributed by atoms with Crippen LogP contribution in [0, 0.1) is 5.92 Å². The number of hydrogen-bond acceptors (Lipinski definition) is 2. The highest BCUT2D eigenvalue weighted by atomic mass is 15.3. The first kappa shape index (κ1) is 16.0. The fraction of sp³-hybridized carbons (Fsp3) is 1.00. The predicted octanol–water partition coefficient (Wildman–Crippen LogP) is 3.62. The van der Waals surface area contributed by atoms with Gasteiger partial charge in [-0.1, -0.05) is 40.0 Å². The van der Waals surface area contributed by atoms with Crippen molar-refractivity contribution in [1.82, 2.24) is 9.80 Å². The summed E-state index contributed by atoms with van der Waals surface area (Å²) < 4.78 is 0. The van der Waals surface area contributed by atoms with Gasteiger partial charge in [0, 0.05) is 32.7 Å². The van der Waals surface area contributed by atoms with Gasteiger partial charge in [-0.15, -0.1) is 0 Å². The summed E-state index contributed by atoms with van der Waals surface area (Å²) in [7, 11) is 0. The molecule has 0 aromatic rings. The van der Waals surface area contributed by atoms with Crippen LogP contribution >= 0.6 is 0 Å². The molecule has 2 nitrogen and oxygen atoms in total. The summed E-state index contributed by atoms with van der Waals surface area (Å²) in [6.07, 6.45) is 8.76. The molecule has 2 heteroatoms. The van der Waals surface area contributed by atoms with Gasteiger partial charge in [0.2, 0.25) is 0 Å². The van der Waals surface area contributed by atoms with Crippen LogP contribution in [0.1, 0.15) is 59.3 Å². The molecule has 2 fully saturated rings. The number of nitrogens with zero attached hydrogens (tertiary/aromatic N) is 2. The van der Waals surface area contributed by atoms with E-state index in [2.05, 4.69) is 16.7 Å². The summed E-state index contributed by atoms with van der Waals surface area (Å²) in [4.78, 5) is 5.33. The molecule has 1 heterocycles. The highest BCUT2D eigenvalue weighted by Gasteiger charge is 2.20.